The van der Waals surface area contributed by atoms with Crippen molar-refractivity contribution in [1.29, 1.82) is 0 Å². The first kappa shape index (κ1) is 16.2. The van der Waals surface area contributed by atoms with Crippen molar-refractivity contribution >= 4 is 35.4 Å². The molecule has 1 aliphatic heterocycles. The molecule has 1 amide bonds. The van der Waals surface area contributed by atoms with Gasteiger partial charge in [-0.05, 0) is 35.6 Å². The minimum Gasteiger partial charge on any atom is -0.484 e. The first-order chi connectivity index (χ1) is 11.2. The van der Waals surface area contributed by atoms with Crippen molar-refractivity contribution in [2.45, 2.75) is 11.0 Å². The van der Waals surface area contributed by atoms with Crippen molar-refractivity contribution in [1.82, 2.24) is 14.8 Å². The van der Waals surface area contributed by atoms with Crippen LogP contribution in [0.1, 0.15) is 16.6 Å². The van der Waals surface area contributed by atoms with Gasteiger partial charge in [-0.1, -0.05) is 12.1 Å². The van der Waals surface area contributed by atoms with E-state index in [0.717, 1.165) is 0 Å². The lowest BCUT2D eigenvalue weighted by Gasteiger charge is -2.21. The van der Waals surface area contributed by atoms with Crippen molar-refractivity contribution in [3.05, 3.63) is 36.2 Å². The Labute approximate surface area is 143 Å². The third kappa shape index (κ3) is 4.42. The fourth-order valence-corrected chi connectivity index (χ4v) is 5.00. The highest BCUT2D eigenvalue weighted by molar-refractivity contribution is 8.16. The normalized spacial score (nSPS) is 15.3. The Bertz CT molecular complexity index is 654. The average Bonchev–Trinajstić information content (AvgIpc) is 2.99. The maximum Gasteiger partial charge on any atom is 0.264 e. The van der Waals surface area contributed by atoms with E-state index in [1.54, 1.807) is 11.6 Å². The number of benzene rings is 1. The van der Waals surface area contributed by atoms with Crippen LogP contribution in [-0.4, -0.2) is 38.8 Å². The third-order valence-electron chi connectivity index (χ3n) is 3.31. The fraction of sp³-hybridized carbons (Fsp3) is 0.400. The molecule has 122 valence electrons. The largest absolute Gasteiger partial charge is 0.484 e. The second-order valence-electron chi connectivity index (χ2n) is 5.10. The summed E-state index contributed by atoms with van der Waals surface area (Å²) in [5.41, 5.74) is 1.30. The number of nitrogens with zero attached hydrogens (tertiary/aromatic N) is 3. The van der Waals surface area contributed by atoms with Gasteiger partial charge in [-0.15, -0.1) is 33.7 Å². The number of aryl methyl sites for hydroxylation is 1. The van der Waals surface area contributed by atoms with E-state index in [2.05, 4.69) is 27.6 Å². The second-order valence-corrected chi connectivity index (χ2v) is 7.82. The molecule has 0 atom stereocenters. The van der Waals surface area contributed by atoms with Gasteiger partial charge in [0.2, 0.25) is 5.95 Å². The topological polar surface area (TPSA) is 69.0 Å². The van der Waals surface area contributed by atoms with Crippen LogP contribution in [0, 0.1) is 0 Å². The highest BCUT2D eigenvalue weighted by Crippen LogP contribution is 2.43. The van der Waals surface area contributed by atoms with E-state index in [-0.39, 0.29) is 12.5 Å². The Morgan fingerprint density at radius 1 is 1.35 bits per heavy atom. The summed E-state index contributed by atoms with van der Waals surface area (Å²) >= 11 is 3.97. The summed E-state index contributed by atoms with van der Waals surface area (Å²) in [5, 5.41) is 10.1. The molecule has 0 bridgehead atoms. The van der Waals surface area contributed by atoms with Gasteiger partial charge in [0, 0.05) is 7.05 Å². The smallest absolute Gasteiger partial charge is 0.264 e. The average molecular weight is 350 g/mol. The lowest BCUT2D eigenvalue weighted by molar-refractivity contribution is -0.118. The number of aromatic nitrogens is 3. The predicted octanol–water partition coefficient (Wildman–Crippen LogP) is 2.70. The molecule has 8 heteroatoms. The monoisotopic (exact) mass is 350 g/mol. The molecule has 3 rings (SSSR count). The van der Waals surface area contributed by atoms with Crippen LogP contribution >= 0.6 is 23.5 Å². The van der Waals surface area contributed by atoms with Crippen molar-refractivity contribution in [2.24, 2.45) is 7.05 Å². The molecule has 23 heavy (non-hydrogen) atoms. The number of ether oxygens (including phenoxy) is 1. The van der Waals surface area contributed by atoms with E-state index in [9.17, 15) is 4.79 Å². The molecule has 0 unspecified atom stereocenters. The van der Waals surface area contributed by atoms with Crippen molar-refractivity contribution in [2.75, 3.05) is 23.4 Å². The molecule has 0 radical (unpaired) electrons. The quantitative estimate of drug-likeness (QED) is 0.894. The molecule has 1 aromatic carbocycles. The summed E-state index contributed by atoms with van der Waals surface area (Å²) < 4.78 is 7.66. The maximum absolute atomic E-state index is 11.8. The van der Waals surface area contributed by atoms with Gasteiger partial charge in [0.1, 0.15) is 12.1 Å². The highest BCUT2D eigenvalue weighted by Gasteiger charge is 2.16. The van der Waals surface area contributed by atoms with E-state index >= 15 is 0 Å². The number of nitrogens with one attached hydrogen (secondary N) is 1. The molecule has 0 spiro atoms. The number of anilines is 1. The highest BCUT2D eigenvalue weighted by atomic mass is 32.2. The van der Waals surface area contributed by atoms with E-state index in [1.165, 1.54) is 29.8 Å². The number of carbonyl (C=O) groups excluding carboxylic acids is 1. The molecule has 1 aromatic heterocycles. The minimum atomic E-state index is -0.261. The van der Waals surface area contributed by atoms with Gasteiger partial charge in [0.15, 0.2) is 6.61 Å². The Kier molecular flexibility index (Phi) is 5.45. The molecule has 2 aromatic rings. The zero-order valence-corrected chi connectivity index (χ0v) is 14.4. The van der Waals surface area contributed by atoms with Gasteiger partial charge < -0.3 is 9.30 Å². The van der Waals surface area contributed by atoms with E-state index in [0.29, 0.717) is 16.3 Å². The molecule has 1 fully saturated rings. The van der Waals surface area contributed by atoms with Crippen LogP contribution in [0.15, 0.2) is 30.6 Å². The molecule has 0 saturated carbocycles. The summed E-state index contributed by atoms with van der Waals surface area (Å²) in [6, 6.07) is 7.99. The number of hydrogen-bond donors (Lipinski definition) is 1. The Hall–Kier alpha value is -1.67. The number of hydrogen-bond acceptors (Lipinski definition) is 6. The SMILES string of the molecule is Cn1cnnc1NC(=O)COc1ccc(C2SCCCS2)cc1. The summed E-state index contributed by atoms with van der Waals surface area (Å²) in [6.07, 6.45) is 2.81. The van der Waals surface area contributed by atoms with Crippen molar-refractivity contribution in [3.8, 4) is 5.75 Å². The zero-order valence-electron chi connectivity index (χ0n) is 12.8. The first-order valence-corrected chi connectivity index (χ1v) is 9.42. The lowest BCUT2D eigenvalue weighted by Crippen LogP contribution is -2.22. The molecule has 0 aliphatic carbocycles. The number of carbonyl (C=O) groups is 1. The molecule has 1 N–H and O–H groups in total. The number of amides is 1. The summed E-state index contributed by atoms with van der Waals surface area (Å²) in [7, 11) is 1.76. The van der Waals surface area contributed by atoms with Gasteiger partial charge in [0.05, 0.1) is 4.58 Å². The molecular formula is C15H18N4O2S2. The second kappa shape index (κ2) is 7.74. The summed E-state index contributed by atoms with van der Waals surface area (Å²) in [6.45, 7) is -0.0564. The van der Waals surface area contributed by atoms with Crippen molar-refractivity contribution < 1.29 is 9.53 Å². The first-order valence-electron chi connectivity index (χ1n) is 7.32. The van der Waals surface area contributed by atoms with E-state index < -0.39 is 0 Å². The third-order valence-corrected chi connectivity index (χ3v) is 6.33. The van der Waals surface area contributed by atoms with Gasteiger partial charge >= 0.3 is 0 Å². The van der Waals surface area contributed by atoms with Gasteiger partial charge in [-0.25, -0.2) is 0 Å². The molecule has 2 heterocycles. The molecule has 1 aliphatic rings. The fourth-order valence-electron chi connectivity index (χ4n) is 2.11. The summed E-state index contributed by atoms with van der Waals surface area (Å²) in [5.74, 6) is 3.27. The summed E-state index contributed by atoms with van der Waals surface area (Å²) in [4.78, 5) is 11.8. The number of rotatable bonds is 5. The van der Waals surface area contributed by atoms with Crippen LogP contribution in [0.25, 0.3) is 0 Å². The molecule has 1 saturated heterocycles. The molecule has 6 nitrogen and oxygen atoms in total. The number of thioether (sulfide) groups is 2. The van der Waals surface area contributed by atoms with E-state index in [1.807, 2.05) is 35.7 Å². The predicted molar refractivity (Wildman–Crippen MR) is 93.8 cm³/mol. The zero-order chi connectivity index (χ0) is 16.1. The van der Waals surface area contributed by atoms with Crippen LogP contribution in [0.3, 0.4) is 0 Å². The van der Waals surface area contributed by atoms with Gasteiger partial charge in [0.25, 0.3) is 5.91 Å². The van der Waals surface area contributed by atoms with Gasteiger partial charge in [-0.2, -0.15) is 0 Å². The minimum absolute atomic E-state index is 0.0564. The van der Waals surface area contributed by atoms with E-state index in [4.69, 9.17) is 4.74 Å². The lowest BCUT2D eigenvalue weighted by atomic mass is 10.2. The Morgan fingerprint density at radius 2 is 2.09 bits per heavy atom. The van der Waals surface area contributed by atoms with Crippen LogP contribution in [0.4, 0.5) is 5.95 Å². The van der Waals surface area contributed by atoms with Crippen LogP contribution in [-0.2, 0) is 11.8 Å². The Balaban J connectivity index is 1.50. The van der Waals surface area contributed by atoms with Gasteiger partial charge in [-0.3, -0.25) is 10.1 Å². The van der Waals surface area contributed by atoms with Crippen LogP contribution < -0.4 is 10.1 Å². The van der Waals surface area contributed by atoms with Crippen LogP contribution in [0.5, 0.6) is 5.75 Å². The molecular weight excluding hydrogens is 332 g/mol. The van der Waals surface area contributed by atoms with Crippen LogP contribution in [0.2, 0.25) is 0 Å². The van der Waals surface area contributed by atoms with Crippen molar-refractivity contribution in [3.63, 3.8) is 0 Å². The standard InChI is InChI=1S/C15H18N4O2S2/c1-19-10-16-18-15(19)17-13(20)9-21-12-5-3-11(4-6-12)14-22-7-2-8-23-14/h3-6,10,14H,2,7-9H2,1H3,(H,17,18,20). The maximum atomic E-state index is 11.8. The Morgan fingerprint density at radius 3 is 2.74 bits per heavy atom.